The third-order valence-electron chi connectivity index (χ3n) is 1.30. The minimum atomic E-state index is -0.599. The van der Waals surface area contributed by atoms with Crippen LogP contribution in [0.3, 0.4) is 0 Å². The SMILES string of the molecule is CCNC(=O)C(C)N=C(N)N=C(N)N. The molecule has 14 heavy (non-hydrogen) atoms. The Hall–Kier alpha value is -1.79. The van der Waals surface area contributed by atoms with E-state index < -0.39 is 6.04 Å². The van der Waals surface area contributed by atoms with E-state index in [1.54, 1.807) is 6.92 Å². The van der Waals surface area contributed by atoms with Crippen LogP contribution in [-0.2, 0) is 4.79 Å². The Morgan fingerprint density at radius 1 is 1.43 bits per heavy atom. The summed E-state index contributed by atoms with van der Waals surface area (Å²) < 4.78 is 0. The van der Waals surface area contributed by atoms with Crippen molar-refractivity contribution in [1.29, 1.82) is 0 Å². The van der Waals surface area contributed by atoms with Crippen LogP contribution < -0.4 is 22.5 Å². The molecule has 7 N–H and O–H groups in total. The lowest BCUT2D eigenvalue weighted by atomic mass is 10.3. The maximum absolute atomic E-state index is 11.2. The van der Waals surface area contributed by atoms with Crippen LogP contribution >= 0.6 is 0 Å². The van der Waals surface area contributed by atoms with Crippen LogP contribution in [0, 0.1) is 0 Å². The highest BCUT2D eigenvalue weighted by Crippen LogP contribution is 1.89. The Bertz CT molecular complexity index is 255. The predicted octanol–water partition coefficient (Wildman–Crippen LogP) is -1.90. The summed E-state index contributed by atoms with van der Waals surface area (Å²) in [5, 5.41) is 2.59. The van der Waals surface area contributed by atoms with Crippen molar-refractivity contribution in [2.75, 3.05) is 6.54 Å². The summed E-state index contributed by atoms with van der Waals surface area (Å²) in [6.07, 6.45) is 0. The second kappa shape index (κ2) is 5.79. The van der Waals surface area contributed by atoms with Crippen molar-refractivity contribution in [1.82, 2.24) is 5.32 Å². The Labute approximate surface area is 82.5 Å². The van der Waals surface area contributed by atoms with Crippen LogP contribution in [-0.4, -0.2) is 30.4 Å². The van der Waals surface area contributed by atoms with Gasteiger partial charge >= 0.3 is 0 Å². The Morgan fingerprint density at radius 2 is 2.00 bits per heavy atom. The van der Waals surface area contributed by atoms with Gasteiger partial charge in [0.2, 0.25) is 11.9 Å². The highest BCUT2D eigenvalue weighted by molar-refractivity contribution is 5.94. The number of nitrogens with two attached hydrogens (primary N) is 3. The summed E-state index contributed by atoms with van der Waals surface area (Å²) in [6, 6.07) is -0.599. The quantitative estimate of drug-likeness (QED) is 0.313. The summed E-state index contributed by atoms with van der Waals surface area (Å²) >= 11 is 0. The summed E-state index contributed by atoms with van der Waals surface area (Å²) in [5.41, 5.74) is 15.5. The fraction of sp³-hybridized carbons (Fsp3) is 0.571. The standard InChI is InChI=1S/C7H16N6O/c1-3-11-5(14)4(2)12-7(10)13-6(8)9/h4H,3H2,1-2H3,(H,11,14)(H6,8,9,10,12,13). The van der Waals surface area contributed by atoms with Crippen molar-refractivity contribution >= 4 is 17.8 Å². The molecule has 1 amide bonds. The number of nitrogens with zero attached hydrogens (tertiary/aromatic N) is 2. The molecule has 0 heterocycles. The second-order valence-corrected chi connectivity index (χ2v) is 2.59. The molecule has 1 atom stereocenters. The smallest absolute Gasteiger partial charge is 0.244 e. The number of carbonyl (C=O) groups excluding carboxylic acids is 1. The van der Waals surface area contributed by atoms with E-state index in [2.05, 4.69) is 15.3 Å². The van der Waals surface area contributed by atoms with Gasteiger partial charge in [-0.3, -0.25) is 4.79 Å². The number of rotatable bonds is 3. The van der Waals surface area contributed by atoms with Gasteiger partial charge in [0, 0.05) is 6.54 Å². The summed E-state index contributed by atoms with van der Waals surface area (Å²) in [4.78, 5) is 18.4. The zero-order chi connectivity index (χ0) is 11.1. The van der Waals surface area contributed by atoms with Crippen molar-refractivity contribution in [2.45, 2.75) is 19.9 Å². The minimum Gasteiger partial charge on any atom is -0.370 e. The topological polar surface area (TPSA) is 132 Å². The van der Waals surface area contributed by atoms with Crippen LogP contribution in [0.5, 0.6) is 0 Å². The first-order valence-corrected chi connectivity index (χ1v) is 4.18. The lowest BCUT2D eigenvalue weighted by Gasteiger charge is -2.06. The van der Waals surface area contributed by atoms with E-state index in [1.807, 2.05) is 6.92 Å². The van der Waals surface area contributed by atoms with E-state index in [1.165, 1.54) is 0 Å². The average molecular weight is 200 g/mol. The number of guanidine groups is 2. The molecular weight excluding hydrogens is 184 g/mol. The van der Waals surface area contributed by atoms with Gasteiger partial charge in [-0.25, -0.2) is 4.99 Å². The number of likely N-dealkylation sites (N-methyl/N-ethyl adjacent to an activating group) is 1. The molecule has 0 spiro atoms. The predicted molar refractivity (Wildman–Crippen MR) is 55.6 cm³/mol. The number of amides is 1. The number of hydrogen-bond donors (Lipinski definition) is 4. The van der Waals surface area contributed by atoms with Crippen LogP contribution in [0.4, 0.5) is 0 Å². The van der Waals surface area contributed by atoms with Gasteiger partial charge in [0.05, 0.1) is 0 Å². The lowest BCUT2D eigenvalue weighted by Crippen LogP contribution is -2.33. The van der Waals surface area contributed by atoms with E-state index in [0.717, 1.165) is 0 Å². The summed E-state index contributed by atoms with van der Waals surface area (Å²) in [7, 11) is 0. The van der Waals surface area contributed by atoms with E-state index in [9.17, 15) is 4.79 Å². The Kier molecular flexibility index (Phi) is 5.05. The Morgan fingerprint density at radius 3 is 2.43 bits per heavy atom. The largest absolute Gasteiger partial charge is 0.370 e. The number of aliphatic imine (C=N–C) groups is 2. The van der Waals surface area contributed by atoms with Crippen LogP contribution in [0.2, 0.25) is 0 Å². The highest BCUT2D eigenvalue weighted by atomic mass is 16.2. The van der Waals surface area contributed by atoms with E-state index in [-0.39, 0.29) is 17.8 Å². The zero-order valence-electron chi connectivity index (χ0n) is 8.32. The van der Waals surface area contributed by atoms with Crippen LogP contribution in [0.15, 0.2) is 9.98 Å². The van der Waals surface area contributed by atoms with Crippen LogP contribution in [0.25, 0.3) is 0 Å². The maximum atomic E-state index is 11.2. The molecule has 0 aliphatic rings. The lowest BCUT2D eigenvalue weighted by molar-refractivity contribution is -0.121. The number of carbonyl (C=O) groups is 1. The second-order valence-electron chi connectivity index (χ2n) is 2.59. The van der Waals surface area contributed by atoms with Crippen molar-refractivity contribution < 1.29 is 4.79 Å². The van der Waals surface area contributed by atoms with Gasteiger partial charge < -0.3 is 22.5 Å². The molecule has 0 fully saturated rings. The monoisotopic (exact) mass is 200 g/mol. The van der Waals surface area contributed by atoms with Crippen LogP contribution in [0.1, 0.15) is 13.8 Å². The molecule has 0 aliphatic carbocycles. The van der Waals surface area contributed by atoms with Gasteiger partial charge in [-0.05, 0) is 13.8 Å². The molecule has 0 aromatic heterocycles. The van der Waals surface area contributed by atoms with Gasteiger partial charge in [-0.2, -0.15) is 4.99 Å². The molecule has 0 radical (unpaired) electrons. The molecule has 0 bridgehead atoms. The van der Waals surface area contributed by atoms with E-state index in [4.69, 9.17) is 17.2 Å². The molecule has 7 heteroatoms. The Balaban J connectivity index is 4.35. The van der Waals surface area contributed by atoms with Crippen molar-refractivity contribution in [3.05, 3.63) is 0 Å². The van der Waals surface area contributed by atoms with Gasteiger partial charge in [0.25, 0.3) is 0 Å². The van der Waals surface area contributed by atoms with E-state index in [0.29, 0.717) is 6.54 Å². The normalized spacial score (nSPS) is 13.1. The molecular formula is C7H16N6O. The van der Waals surface area contributed by atoms with Gasteiger partial charge in [-0.15, -0.1) is 0 Å². The molecule has 0 saturated heterocycles. The van der Waals surface area contributed by atoms with Gasteiger partial charge in [0.15, 0.2) is 5.96 Å². The number of hydrogen-bond acceptors (Lipinski definition) is 2. The molecule has 80 valence electrons. The van der Waals surface area contributed by atoms with Crippen molar-refractivity contribution in [2.24, 2.45) is 27.2 Å². The molecule has 0 aliphatic heterocycles. The minimum absolute atomic E-state index is 0.108. The van der Waals surface area contributed by atoms with Crippen molar-refractivity contribution in [3.8, 4) is 0 Å². The summed E-state index contributed by atoms with van der Waals surface area (Å²) in [5.74, 6) is -0.514. The van der Waals surface area contributed by atoms with Gasteiger partial charge in [0.1, 0.15) is 6.04 Å². The summed E-state index contributed by atoms with van der Waals surface area (Å²) in [6.45, 7) is 3.95. The first kappa shape index (κ1) is 12.2. The van der Waals surface area contributed by atoms with E-state index >= 15 is 0 Å². The molecule has 0 aromatic carbocycles. The molecule has 0 rings (SSSR count). The molecule has 0 saturated carbocycles. The third-order valence-corrected chi connectivity index (χ3v) is 1.30. The maximum Gasteiger partial charge on any atom is 0.244 e. The fourth-order valence-corrected chi connectivity index (χ4v) is 0.740. The van der Waals surface area contributed by atoms with Crippen molar-refractivity contribution in [3.63, 3.8) is 0 Å². The number of nitrogens with one attached hydrogen (secondary N) is 1. The highest BCUT2D eigenvalue weighted by Gasteiger charge is 2.09. The first-order chi connectivity index (χ1) is 6.47. The third kappa shape index (κ3) is 4.96. The van der Waals surface area contributed by atoms with Gasteiger partial charge in [-0.1, -0.05) is 0 Å². The molecule has 0 aromatic rings. The fourth-order valence-electron chi connectivity index (χ4n) is 0.740. The zero-order valence-corrected chi connectivity index (χ0v) is 8.32. The first-order valence-electron chi connectivity index (χ1n) is 4.18. The molecule has 7 nitrogen and oxygen atoms in total. The molecule has 1 unspecified atom stereocenters. The average Bonchev–Trinajstić information content (AvgIpc) is 2.02.